The quantitative estimate of drug-likeness (QED) is 0.932. The largest absolute Gasteiger partial charge is 0.481 e. The molecular weight excluding hydrogens is 324 g/mol. The summed E-state index contributed by atoms with van der Waals surface area (Å²) in [6, 6.07) is 5.88. The van der Waals surface area contributed by atoms with E-state index in [1.165, 1.54) is 16.2 Å². The molecule has 0 bridgehead atoms. The molecular formula is C16H13F2NO3S. The first kappa shape index (κ1) is 15.6. The van der Waals surface area contributed by atoms with Gasteiger partial charge in [-0.3, -0.25) is 9.59 Å². The maximum Gasteiger partial charge on any atom is 0.309 e. The molecule has 2 unspecified atom stereocenters. The number of carbonyl (C=O) groups is 2. The maximum atomic E-state index is 13.9. The Bertz CT molecular complexity index is 748. The molecule has 0 radical (unpaired) electrons. The van der Waals surface area contributed by atoms with Crippen molar-refractivity contribution in [2.75, 3.05) is 0 Å². The van der Waals surface area contributed by atoms with Gasteiger partial charge in [-0.05, 0) is 29.6 Å². The molecule has 4 nitrogen and oxygen atoms in total. The molecule has 2 aromatic rings. The van der Waals surface area contributed by atoms with Crippen molar-refractivity contribution in [3.63, 3.8) is 0 Å². The molecule has 2 atom stereocenters. The van der Waals surface area contributed by atoms with Crippen molar-refractivity contribution in [1.82, 2.24) is 4.90 Å². The highest BCUT2D eigenvalue weighted by molar-refractivity contribution is 7.10. The molecule has 0 aliphatic carbocycles. The van der Waals surface area contributed by atoms with Crippen molar-refractivity contribution in [2.24, 2.45) is 5.92 Å². The Kier molecular flexibility index (Phi) is 4.12. The van der Waals surface area contributed by atoms with E-state index >= 15 is 0 Å². The van der Waals surface area contributed by atoms with Crippen LogP contribution in [0.4, 0.5) is 8.78 Å². The number of nitrogens with zero attached hydrogens (tertiary/aromatic N) is 1. The third-order valence-electron chi connectivity index (χ3n) is 3.93. The van der Waals surface area contributed by atoms with Crippen LogP contribution in [0.1, 0.15) is 22.9 Å². The normalized spacial score (nSPS) is 21.0. The molecule has 1 fully saturated rings. The minimum Gasteiger partial charge on any atom is -0.481 e. The van der Waals surface area contributed by atoms with Gasteiger partial charge in [-0.25, -0.2) is 8.78 Å². The summed E-state index contributed by atoms with van der Waals surface area (Å²) in [6.45, 7) is -0.158. The second kappa shape index (κ2) is 6.08. The number of rotatable bonds is 4. The maximum absolute atomic E-state index is 13.9. The van der Waals surface area contributed by atoms with E-state index in [4.69, 9.17) is 0 Å². The molecule has 1 aliphatic rings. The Morgan fingerprint density at radius 2 is 2.13 bits per heavy atom. The summed E-state index contributed by atoms with van der Waals surface area (Å²) in [7, 11) is 0. The number of amides is 1. The van der Waals surface area contributed by atoms with Gasteiger partial charge < -0.3 is 10.0 Å². The van der Waals surface area contributed by atoms with E-state index in [9.17, 15) is 23.5 Å². The van der Waals surface area contributed by atoms with Crippen LogP contribution in [0, 0.1) is 17.6 Å². The third kappa shape index (κ3) is 2.96. The van der Waals surface area contributed by atoms with E-state index in [2.05, 4.69) is 0 Å². The number of carboxylic acid groups (broad SMARTS) is 1. The Hall–Kier alpha value is -2.28. The number of benzene rings is 1. The van der Waals surface area contributed by atoms with Crippen LogP contribution >= 0.6 is 11.3 Å². The molecule has 2 heterocycles. The smallest absolute Gasteiger partial charge is 0.309 e. The van der Waals surface area contributed by atoms with Gasteiger partial charge in [0.1, 0.15) is 11.6 Å². The number of likely N-dealkylation sites (tertiary alicyclic amines) is 1. The zero-order chi connectivity index (χ0) is 16.6. The summed E-state index contributed by atoms with van der Waals surface area (Å²) in [5.41, 5.74) is 0.0333. The molecule has 1 N–H and O–H groups in total. The lowest BCUT2D eigenvalue weighted by Crippen LogP contribution is -2.30. The fraction of sp³-hybridized carbons (Fsp3) is 0.250. The Labute approximate surface area is 135 Å². The van der Waals surface area contributed by atoms with E-state index in [0.29, 0.717) is 0 Å². The minimum absolute atomic E-state index is 0.0333. The fourth-order valence-electron chi connectivity index (χ4n) is 2.86. The summed E-state index contributed by atoms with van der Waals surface area (Å²) in [5.74, 6) is -3.56. The summed E-state index contributed by atoms with van der Waals surface area (Å²) < 4.78 is 27.2. The molecule has 7 heteroatoms. The van der Waals surface area contributed by atoms with Gasteiger partial charge in [0.25, 0.3) is 0 Å². The predicted octanol–water partition coefficient (Wildman–Crippen LogP) is 3.20. The lowest BCUT2D eigenvalue weighted by atomic mass is 9.99. The van der Waals surface area contributed by atoms with Gasteiger partial charge in [0.2, 0.25) is 5.91 Å². The Morgan fingerprint density at radius 3 is 2.78 bits per heavy atom. The zero-order valence-corrected chi connectivity index (χ0v) is 12.7. The molecule has 0 spiro atoms. The lowest BCUT2D eigenvalue weighted by molar-refractivity contribution is -0.142. The molecule has 1 aliphatic heterocycles. The van der Waals surface area contributed by atoms with Gasteiger partial charge in [0.15, 0.2) is 0 Å². The van der Waals surface area contributed by atoms with Crippen LogP contribution in [0.3, 0.4) is 0 Å². The number of carboxylic acids is 1. The predicted molar refractivity (Wildman–Crippen MR) is 79.7 cm³/mol. The molecule has 120 valence electrons. The van der Waals surface area contributed by atoms with Crippen molar-refractivity contribution in [1.29, 1.82) is 0 Å². The van der Waals surface area contributed by atoms with Crippen LogP contribution < -0.4 is 0 Å². The molecule has 1 aromatic heterocycles. The van der Waals surface area contributed by atoms with Crippen LogP contribution in [0.15, 0.2) is 35.7 Å². The van der Waals surface area contributed by atoms with Crippen LogP contribution in [0.25, 0.3) is 0 Å². The van der Waals surface area contributed by atoms with E-state index in [1.807, 2.05) is 0 Å². The average molecular weight is 337 g/mol. The van der Waals surface area contributed by atoms with Crippen molar-refractivity contribution in [3.05, 3.63) is 57.8 Å². The van der Waals surface area contributed by atoms with E-state index < -0.39 is 29.6 Å². The number of hydrogen-bond donors (Lipinski definition) is 1. The number of thiophene rings is 1. The highest BCUT2D eigenvalue weighted by Crippen LogP contribution is 2.41. The van der Waals surface area contributed by atoms with Crippen LogP contribution in [0.2, 0.25) is 0 Å². The monoisotopic (exact) mass is 337 g/mol. The van der Waals surface area contributed by atoms with E-state index in [-0.39, 0.29) is 24.4 Å². The van der Waals surface area contributed by atoms with Crippen LogP contribution in [-0.4, -0.2) is 21.9 Å². The molecule has 1 amide bonds. The van der Waals surface area contributed by atoms with Gasteiger partial charge in [0.05, 0.1) is 12.0 Å². The second-order valence-electron chi connectivity index (χ2n) is 5.37. The van der Waals surface area contributed by atoms with E-state index in [0.717, 1.165) is 23.1 Å². The van der Waals surface area contributed by atoms with Crippen molar-refractivity contribution in [3.8, 4) is 0 Å². The van der Waals surface area contributed by atoms with Gasteiger partial charge in [-0.15, -0.1) is 11.3 Å². The number of aliphatic carboxylic acids is 1. The first-order chi connectivity index (χ1) is 11.0. The van der Waals surface area contributed by atoms with Crippen molar-refractivity contribution < 1.29 is 23.5 Å². The van der Waals surface area contributed by atoms with Gasteiger partial charge in [-0.1, -0.05) is 6.07 Å². The highest BCUT2D eigenvalue weighted by atomic mass is 32.1. The number of carbonyl (C=O) groups excluding carboxylic acids is 1. The van der Waals surface area contributed by atoms with Gasteiger partial charge in [0, 0.05) is 23.4 Å². The van der Waals surface area contributed by atoms with Crippen molar-refractivity contribution >= 4 is 23.2 Å². The van der Waals surface area contributed by atoms with Crippen LogP contribution in [-0.2, 0) is 16.1 Å². The molecule has 23 heavy (non-hydrogen) atoms. The highest BCUT2D eigenvalue weighted by Gasteiger charge is 2.45. The van der Waals surface area contributed by atoms with Gasteiger partial charge >= 0.3 is 5.97 Å². The molecule has 0 saturated carbocycles. The number of hydrogen-bond acceptors (Lipinski definition) is 3. The summed E-state index contributed by atoms with van der Waals surface area (Å²) in [5, 5.41) is 11.2. The van der Waals surface area contributed by atoms with Crippen molar-refractivity contribution in [2.45, 2.75) is 19.0 Å². The first-order valence-corrected chi connectivity index (χ1v) is 7.85. The zero-order valence-electron chi connectivity index (χ0n) is 11.9. The Morgan fingerprint density at radius 1 is 1.35 bits per heavy atom. The SMILES string of the molecule is O=C(O)C1CC(=O)N(Cc2cc(F)ccc2F)C1c1cccs1. The van der Waals surface area contributed by atoms with Crippen LogP contribution in [0.5, 0.6) is 0 Å². The Balaban J connectivity index is 1.96. The third-order valence-corrected chi connectivity index (χ3v) is 4.88. The van der Waals surface area contributed by atoms with E-state index in [1.54, 1.807) is 17.5 Å². The lowest BCUT2D eigenvalue weighted by Gasteiger charge is -2.26. The summed E-state index contributed by atoms with van der Waals surface area (Å²) in [6.07, 6.45) is -0.144. The minimum atomic E-state index is -1.07. The number of halogens is 2. The molecule has 3 rings (SSSR count). The molecule has 1 saturated heterocycles. The fourth-order valence-corrected chi connectivity index (χ4v) is 3.76. The topological polar surface area (TPSA) is 57.6 Å². The summed E-state index contributed by atoms with van der Waals surface area (Å²) >= 11 is 1.34. The van der Waals surface area contributed by atoms with Gasteiger partial charge in [-0.2, -0.15) is 0 Å². The average Bonchev–Trinajstić information content (AvgIpc) is 3.11. The standard InChI is InChI=1S/C16H13F2NO3S/c17-10-3-4-12(18)9(6-10)8-19-14(20)7-11(16(21)22)15(19)13-2-1-5-23-13/h1-6,11,15H,7-8H2,(H,21,22). The summed E-state index contributed by atoms with van der Waals surface area (Å²) in [4.78, 5) is 25.8. The molecule has 1 aromatic carbocycles. The first-order valence-electron chi connectivity index (χ1n) is 6.97. The second-order valence-corrected chi connectivity index (χ2v) is 6.35.